The molecule has 0 aliphatic heterocycles. The lowest BCUT2D eigenvalue weighted by Gasteiger charge is -1.99. The van der Waals surface area contributed by atoms with Crippen molar-refractivity contribution in [1.29, 1.82) is 0 Å². The van der Waals surface area contributed by atoms with E-state index >= 15 is 0 Å². The number of benzene rings is 3. The van der Waals surface area contributed by atoms with Crippen LogP contribution in [0.4, 0.5) is 0 Å². The Kier molecular flexibility index (Phi) is 6.33. The van der Waals surface area contributed by atoms with E-state index in [1.54, 1.807) is 14.2 Å². The molecule has 0 unspecified atom stereocenters. The highest BCUT2D eigenvalue weighted by atomic mass is 32.1. The summed E-state index contributed by atoms with van der Waals surface area (Å²) in [6.07, 6.45) is 3.62. The third-order valence-corrected chi connectivity index (χ3v) is 8.49. The molecule has 0 N–H and O–H groups in total. The van der Waals surface area contributed by atoms with Gasteiger partial charge in [0.2, 0.25) is 9.92 Å². The van der Waals surface area contributed by atoms with Crippen LogP contribution in [0.5, 0.6) is 11.5 Å². The van der Waals surface area contributed by atoms with Gasteiger partial charge in [-0.2, -0.15) is 19.0 Å². The maximum atomic E-state index is 13.0. The maximum absolute atomic E-state index is 13.0. The molecule has 7 aromatic rings. The lowest BCUT2D eigenvalue weighted by molar-refractivity contribution is 0.414. The van der Waals surface area contributed by atoms with Gasteiger partial charge in [0.15, 0.2) is 11.6 Å². The second-order valence-electron chi connectivity index (χ2n) is 9.22. The van der Waals surface area contributed by atoms with Gasteiger partial charge in [-0.05, 0) is 53.6 Å². The van der Waals surface area contributed by atoms with Gasteiger partial charge in [-0.15, -0.1) is 10.2 Å². The largest absolute Gasteiger partial charge is 0.497 e. The van der Waals surface area contributed by atoms with Crippen LogP contribution in [-0.2, 0) is 0 Å². The van der Waals surface area contributed by atoms with Crippen LogP contribution in [0.15, 0.2) is 82.4 Å². The fraction of sp³-hybridized carbons (Fsp3) is 0.0667. The van der Waals surface area contributed by atoms with E-state index in [1.165, 1.54) is 31.7 Å². The van der Waals surface area contributed by atoms with Crippen LogP contribution in [0.3, 0.4) is 0 Å². The van der Waals surface area contributed by atoms with Crippen molar-refractivity contribution in [2.45, 2.75) is 0 Å². The van der Waals surface area contributed by atoms with Crippen molar-refractivity contribution >= 4 is 44.7 Å². The molecule has 10 nitrogen and oxygen atoms in total. The first-order valence-corrected chi connectivity index (χ1v) is 14.3. The highest BCUT2D eigenvalue weighted by Gasteiger charge is 2.16. The van der Waals surface area contributed by atoms with E-state index in [1.807, 2.05) is 84.9 Å². The van der Waals surface area contributed by atoms with Gasteiger partial charge in [-0.1, -0.05) is 65.1 Å². The zero-order valence-corrected chi connectivity index (χ0v) is 23.8. The Morgan fingerprint density at radius 3 is 1.45 bits per heavy atom. The van der Waals surface area contributed by atoms with Crippen molar-refractivity contribution in [3.05, 3.63) is 114 Å². The molecular formula is C30H20N6O4S2. The summed E-state index contributed by atoms with van der Waals surface area (Å²) in [7, 11) is 3.22. The normalized spacial score (nSPS) is 12.5. The molecule has 4 heterocycles. The van der Waals surface area contributed by atoms with Crippen molar-refractivity contribution in [1.82, 2.24) is 29.2 Å². The standard InChI is InChI=1S/C30H20N6O4S2/c1-39-21-10-6-17(7-11-21)14-23-27(37)35-29(41-23)31-25(33-35)19-4-3-5-20(16-19)26-32-30-36(34-26)28(38)24(42-30)15-18-8-12-22(40-2)13-9-18/h3-16H,1-2H3/b23-14+,24-15+. The van der Waals surface area contributed by atoms with Crippen LogP contribution in [-0.4, -0.2) is 43.4 Å². The Hall–Kier alpha value is -5.20. The minimum absolute atomic E-state index is 0.234. The molecule has 3 aromatic carbocycles. The zero-order chi connectivity index (χ0) is 28.8. The average molecular weight is 593 g/mol. The minimum Gasteiger partial charge on any atom is -0.497 e. The number of methoxy groups -OCH3 is 2. The van der Waals surface area contributed by atoms with Gasteiger partial charge in [0.05, 0.1) is 23.3 Å². The monoisotopic (exact) mass is 592 g/mol. The molecule has 0 radical (unpaired) electrons. The van der Waals surface area contributed by atoms with Gasteiger partial charge in [0.1, 0.15) is 11.5 Å². The zero-order valence-electron chi connectivity index (χ0n) is 22.2. The van der Waals surface area contributed by atoms with Crippen LogP contribution >= 0.6 is 22.7 Å². The van der Waals surface area contributed by atoms with Crippen LogP contribution in [0.2, 0.25) is 0 Å². The number of thiazole rings is 2. The Labute approximate surface area is 245 Å². The third-order valence-electron chi connectivity index (χ3n) is 6.57. The van der Waals surface area contributed by atoms with Gasteiger partial charge in [-0.3, -0.25) is 9.59 Å². The average Bonchev–Trinajstić information content (AvgIpc) is 3.77. The predicted octanol–water partition coefficient (Wildman–Crippen LogP) is 3.06. The molecule has 206 valence electrons. The Morgan fingerprint density at radius 2 is 1.07 bits per heavy atom. The summed E-state index contributed by atoms with van der Waals surface area (Å²) in [4.78, 5) is 36.2. The molecular weight excluding hydrogens is 573 g/mol. The molecule has 0 saturated heterocycles. The lowest BCUT2D eigenvalue weighted by atomic mass is 10.1. The Morgan fingerprint density at radius 1 is 0.643 bits per heavy atom. The summed E-state index contributed by atoms with van der Waals surface area (Å²) in [5, 5.41) is 8.95. The number of fused-ring (bicyclic) bond motifs is 2. The van der Waals surface area contributed by atoms with E-state index < -0.39 is 0 Å². The summed E-state index contributed by atoms with van der Waals surface area (Å²) in [5.41, 5.74) is 2.70. The summed E-state index contributed by atoms with van der Waals surface area (Å²) < 4.78 is 14.1. The molecule has 0 aliphatic carbocycles. The molecule has 42 heavy (non-hydrogen) atoms. The van der Waals surface area contributed by atoms with Crippen LogP contribution in [0, 0.1) is 0 Å². The fourth-order valence-electron chi connectivity index (χ4n) is 4.41. The first-order chi connectivity index (χ1) is 20.5. The minimum atomic E-state index is -0.234. The van der Waals surface area contributed by atoms with E-state index in [2.05, 4.69) is 20.2 Å². The second-order valence-corrected chi connectivity index (χ2v) is 11.2. The van der Waals surface area contributed by atoms with E-state index in [0.717, 1.165) is 22.6 Å². The van der Waals surface area contributed by atoms with E-state index in [9.17, 15) is 9.59 Å². The van der Waals surface area contributed by atoms with Crippen molar-refractivity contribution in [2.75, 3.05) is 14.2 Å². The molecule has 0 aliphatic rings. The Balaban J connectivity index is 1.19. The highest BCUT2D eigenvalue weighted by Crippen LogP contribution is 2.24. The highest BCUT2D eigenvalue weighted by molar-refractivity contribution is 7.15. The predicted molar refractivity (Wildman–Crippen MR) is 162 cm³/mol. The van der Waals surface area contributed by atoms with Gasteiger partial charge >= 0.3 is 0 Å². The molecule has 0 fully saturated rings. The summed E-state index contributed by atoms with van der Waals surface area (Å²) in [6, 6.07) is 22.3. The van der Waals surface area contributed by atoms with Gasteiger partial charge in [0.25, 0.3) is 11.1 Å². The lowest BCUT2D eigenvalue weighted by Crippen LogP contribution is -2.23. The Bertz CT molecular complexity index is 2160. The van der Waals surface area contributed by atoms with Crippen LogP contribution in [0.25, 0.3) is 44.8 Å². The number of ether oxygens (including phenoxy) is 2. The van der Waals surface area contributed by atoms with Gasteiger partial charge in [-0.25, -0.2) is 0 Å². The molecule has 0 saturated carbocycles. The van der Waals surface area contributed by atoms with Gasteiger partial charge < -0.3 is 9.47 Å². The van der Waals surface area contributed by atoms with Crippen molar-refractivity contribution < 1.29 is 9.47 Å². The summed E-state index contributed by atoms with van der Waals surface area (Å²) in [6.45, 7) is 0. The number of hydrogen-bond donors (Lipinski definition) is 0. The van der Waals surface area contributed by atoms with Crippen molar-refractivity contribution in [3.63, 3.8) is 0 Å². The molecule has 12 heteroatoms. The molecule has 4 aromatic heterocycles. The first kappa shape index (κ1) is 25.7. The SMILES string of the molecule is COc1ccc(/C=c2/sc3nc(-c4cccc(-c5nc6s/c(=C/c7ccc(OC)cc7)c(=O)n6n5)c4)nn3c2=O)cc1. The molecule has 0 bridgehead atoms. The quantitative estimate of drug-likeness (QED) is 0.290. The summed E-state index contributed by atoms with van der Waals surface area (Å²) >= 11 is 2.55. The van der Waals surface area contributed by atoms with E-state index in [0.29, 0.717) is 41.8 Å². The maximum Gasteiger partial charge on any atom is 0.291 e. The third kappa shape index (κ3) is 4.62. The van der Waals surface area contributed by atoms with Crippen molar-refractivity contribution in [2.24, 2.45) is 0 Å². The smallest absolute Gasteiger partial charge is 0.291 e. The molecule has 7 rings (SSSR count). The van der Waals surface area contributed by atoms with E-state index in [4.69, 9.17) is 9.47 Å². The topological polar surface area (TPSA) is 113 Å². The van der Waals surface area contributed by atoms with Crippen molar-refractivity contribution in [3.8, 4) is 34.3 Å². The van der Waals surface area contributed by atoms with E-state index in [-0.39, 0.29) is 11.1 Å². The number of nitrogens with zero attached hydrogens (tertiary/aromatic N) is 6. The first-order valence-electron chi connectivity index (χ1n) is 12.7. The number of aromatic nitrogens is 6. The molecule has 0 amide bonds. The molecule has 0 atom stereocenters. The van der Waals surface area contributed by atoms with Crippen LogP contribution in [0.1, 0.15) is 11.1 Å². The fourth-order valence-corrected chi connectivity index (χ4v) is 6.23. The molecule has 0 spiro atoms. The summed E-state index contributed by atoms with van der Waals surface area (Å²) in [5.74, 6) is 2.32. The second kappa shape index (κ2) is 10.3. The number of hydrogen-bond acceptors (Lipinski definition) is 10. The van der Waals surface area contributed by atoms with Crippen LogP contribution < -0.4 is 29.7 Å². The van der Waals surface area contributed by atoms with Gasteiger partial charge in [0, 0.05) is 11.1 Å². The number of rotatable bonds is 6.